The van der Waals surface area contributed by atoms with Crippen LogP contribution in [0, 0.1) is 0 Å². The van der Waals surface area contributed by atoms with Crippen LogP contribution < -0.4 is 5.32 Å². The minimum absolute atomic E-state index is 0.183. The van der Waals surface area contributed by atoms with Gasteiger partial charge in [-0.1, -0.05) is 0 Å². The van der Waals surface area contributed by atoms with Gasteiger partial charge in [-0.3, -0.25) is 9.48 Å². The predicted octanol–water partition coefficient (Wildman–Crippen LogP) is 3.38. The first-order chi connectivity index (χ1) is 12.8. The molecule has 0 aliphatic carbocycles. The van der Waals surface area contributed by atoms with E-state index < -0.39 is 30.1 Å². The lowest BCUT2D eigenvalue weighted by Crippen LogP contribution is -2.25. The van der Waals surface area contributed by atoms with Crippen LogP contribution in [0.1, 0.15) is 41.1 Å². The lowest BCUT2D eigenvalue weighted by molar-refractivity contribution is 0.0946. The molecule has 1 N–H and O–H groups in total. The molecule has 0 aliphatic rings. The number of halogens is 5. The molecule has 0 aliphatic heterocycles. The Bertz CT molecular complexity index is 957. The quantitative estimate of drug-likeness (QED) is 0.443. The van der Waals surface area contributed by atoms with E-state index in [1.165, 1.54) is 0 Å². The number of carbonyl (C=O) groups excluding carboxylic acids is 1. The number of hydrogen-bond donors (Lipinski definition) is 1. The average Bonchev–Trinajstić information content (AvgIpc) is 3.23. The van der Waals surface area contributed by atoms with Crippen LogP contribution in [0.5, 0.6) is 0 Å². The van der Waals surface area contributed by atoms with Gasteiger partial charge in [0, 0.05) is 25.4 Å². The second-order valence-corrected chi connectivity index (χ2v) is 6.45. The predicted molar refractivity (Wildman–Crippen MR) is 89.8 cm³/mol. The van der Waals surface area contributed by atoms with Crippen molar-refractivity contribution in [2.45, 2.75) is 25.8 Å². The normalized spacial score (nSPS) is 11.7. The van der Waals surface area contributed by atoms with Gasteiger partial charge in [-0.25, -0.2) is 27.1 Å². The Hall–Kier alpha value is -2.50. The highest BCUT2D eigenvalue weighted by Gasteiger charge is 2.21. The fourth-order valence-corrected chi connectivity index (χ4v) is 2.72. The third kappa shape index (κ3) is 4.43. The van der Waals surface area contributed by atoms with Crippen molar-refractivity contribution in [3.63, 3.8) is 0 Å². The van der Waals surface area contributed by atoms with Crippen molar-refractivity contribution < 1.29 is 22.4 Å². The first kappa shape index (κ1) is 19.3. The van der Waals surface area contributed by atoms with E-state index in [9.17, 15) is 22.4 Å². The number of nitrogens with zero attached hydrogens (tertiary/aromatic N) is 5. The monoisotopic (exact) mass is 448 g/mol. The largest absolute Gasteiger partial charge is 0.351 e. The Labute approximate surface area is 158 Å². The molecule has 0 saturated heterocycles. The van der Waals surface area contributed by atoms with E-state index in [-0.39, 0.29) is 11.3 Å². The molecule has 3 aromatic rings. The summed E-state index contributed by atoms with van der Waals surface area (Å²) >= 11 is 3.27. The molecule has 0 aromatic carbocycles. The van der Waals surface area contributed by atoms with Crippen molar-refractivity contribution >= 4 is 27.5 Å². The maximum absolute atomic E-state index is 13.1. The molecule has 1 amide bonds. The second kappa shape index (κ2) is 8.03. The SMILES string of the molecule is O=C(NCCCn1cc(Br)cn1)c1cc2nc(C(F)F)cc(C(F)F)n2n1. The number of nitrogens with one attached hydrogen (secondary N) is 1. The molecule has 0 radical (unpaired) electrons. The number of hydrogen-bond acceptors (Lipinski definition) is 4. The minimum Gasteiger partial charge on any atom is -0.351 e. The summed E-state index contributed by atoms with van der Waals surface area (Å²) in [5.41, 5.74) is -1.97. The van der Waals surface area contributed by atoms with Gasteiger partial charge >= 0.3 is 0 Å². The number of alkyl halides is 4. The average molecular weight is 449 g/mol. The molecular weight excluding hydrogens is 436 g/mol. The van der Waals surface area contributed by atoms with Gasteiger partial charge in [-0.15, -0.1) is 0 Å². The van der Waals surface area contributed by atoms with E-state index in [2.05, 4.69) is 36.4 Å². The van der Waals surface area contributed by atoms with Gasteiger partial charge in [-0.05, 0) is 28.4 Å². The van der Waals surface area contributed by atoms with Gasteiger partial charge in [0.05, 0.1) is 10.7 Å². The summed E-state index contributed by atoms with van der Waals surface area (Å²) in [7, 11) is 0. The van der Waals surface area contributed by atoms with Crippen LogP contribution in [0.25, 0.3) is 5.65 Å². The number of fused-ring (bicyclic) bond motifs is 1. The van der Waals surface area contributed by atoms with Crippen LogP contribution in [0.15, 0.2) is 29.0 Å². The molecule has 0 fully saturated rings. The van der Waals surface area contributed by atoms with Crippen molar-refractivity contribution in [1.82, 2.24) is 29.7 Å². The highest BCUT2D eigenvalue weighted by Crippen LogP contribution is 2.25. The standard InChI is InChI=1S/C15H13BrF4N6O/c16-8-6-22-25(7-8)3-1-2-21-15(27)10-5-12-23-9(13(17)18)4-11(14(19)20)26(12)24-10/h4-7,13-14H,1-3H2,(H,21,27). The number of amides is 1. The molecule has 7 nitrogen and oxygen atoms in total. The van der Waals surface area contributed by atoms with Gasteiger partial charge < -0.3 is 5.32 Å². The zero-order chi connectivity index (χ0) is 19.6. The van der Waals surface area contributed by atoms with E-state index in [1.54, 1.807) is 17.1 Å². The van der Waals surface area contributed by atoms with Gasteiger partial charge in [0.15, 0.2) is 11.3 Å². The van der Waals surface area contributed by atoms with E-state index in [1.807, 2.05) is 0 Å². The number of aromatic nitrogens is 5. The molecule has 12 heteroatoms. The van der Waals surface area contributed by atoms with Crippen LogP contribution in [0.4, 0.5) is 17.6 Å². The summed E-state index contributed by atoms with van der Waals surface area (Å²) in [5.74, 6) is -0.610. The van der Waals surface area contributed by atoms with Crippen molar-refractivity contribution in [1.29, 1.82) is 0 Å². The summed E-state index contributed by atoms with van der Waals surface area (Å²) < 4.78 is 55.1. The van der Waals surface area contributed by atoms with Gasteiger partial charge in [-0.2, -0.15) is 10.2 Å². The minimum atomic E-state index is -3.04. The smallest absolute Gasteiger partial charge is 0.280 e. The molecule has 0 unspecified atom stereocenters. The maximum atomic E-state index is 13.1. The zero-order valence-electron chi connectivity index (χ0n) is 13.6. The molecule has 0 saturated carbocycles. The second-order valence-electron chi connectivity index (χ2n) is 5.54. The summed E-state index contributed by atoms with van der Waals surface area (Å²) in [5, 5.41) is 10.4. The lowest BCUT2D eigenvalue weighted by atomic mass is 10.3. The molecule has 144 valence electrons. The van der Waals surface area contributed by atoms with Crippen LogP contribution >= 0.6 is 15.9 Å². The highest BCUT2D eigenvalue weighted by atomic mass is 79.9. The molecule has 0 spiro atoms. The van der Waals surface area contributed by atoms with E-state index in [4.69, 9.17) is 0 Å². The van der Waals surface area contributed by atoms with Crippen LogP contribution in [0.2, 0.25) is 0 Å². The summed E-state index contributed by atoms with van der Waals surface area (Å²) in [6.45, 7) is 0.855. The third-order valence-electron chi connectivity index (χ3n) is 3.61. The molecular formula is C15H13BrF4N6O. The zero-order valence-corrected chi connectivity index (χ0v) is 15.2. The fraction of sp³-hybridized carbons (Fsp3) is 0.333. The Morgan fingerprint density at radius 1 is 1.22 bits per heavy atom. The van der Waals surface area contributed by atoms with Crippen LogP contribution in [-0.2, 0) is 6.54 Å². The topological polar surface area (TPSA) is 77.1 Å². The van der Waals surface area contributed by atoms with Crippen LogP contribution in [0.3, 0.4) is 0 Å². The molecule has 3 rings (SSSR count). The first-order valence-corrected chi connectivity index (χ1v) is 8.57. The van der Waals surface area contributed by atoms with Crippen LogP contribution in [-0.4, -0.2) is 36.8 Å². The Morgan fingerprint density at radius 2 is 2.00 bits per heavy atom. The number of aryl methyl sites for hydroxylation is 1. The van der Waals surface area contributed by atoms with Gasteiger partial charge in [0.1, 0.15) is 11.4 Å². The maximum Gasteiger partial charge on any atom is 0.280 e. The van der Waals surface area contributed by atoms with Crippen molar-refractivity contribution in [3.05, 3.63) is 46.1 Å². The van der Waals surface area contributed by atoms with E-state index in [0.29, 0.717) is 30.1 Å². The summed E-state index contributed by atoms with van der Waals surface area (Å²) in [6, 6.07) is 1.68. The lowest BCUT2D eigenvalue weighted by Gasteiger charge is -2.06. The fourth-order valence-electron chi connectivity index (χ4n) is 2.39. The molecule has 3 heterocycles. The summed E-state index contributed by atoms with van der Waals surface area (Å²) in [4.78, 5) is 15.7. The Kier molecular flexibility index (Phi) is 5.73. The molecule has 0 atom stereocenters. The Balaban J connectivity index is 1.70. The summed E-state index contributed by atoms with van der Waals surface area (Å²) in [6.07, 6.45) is -2.07. The van der Waals surface area contributed by atoms with Gasteiger partial charge in [0.25, 0.3) is 18.8 Å². The number of rotatable bonds is 7. The number of carbonyl (C=O) groups is 1. The van der Waals surface area contributed by atoms with Gasteiger partial charge in [0.2, 0.25) is 0 Å². The molecule has 3 aromatic heterocycles. The van der Waals surface area contributed by atoms with E-state index in [0.717, 1.165) is 10.5 Å². The third-order valence-corrected chi connectivity index (χ3v) is 4.02. The van der Waals surface area contributed by atoms with Crippen molar-refractivity contribution in [2.75, 3.05) is 6.54 Å². The highest BCUT2D eigenvalue weighted by molar-refractivity contribution is 9.10. The Morgan fingerprint density at radius 3 is 2.63 bits per heavy atom. The van der Waals surface area contributed by atoms with Crippen molar-refractivity contribution in [3.8, 4) is 0 Å². The first-order valence-electron chi connectivity index (χ1n) is 7.78. The van der Waals surface area contributed by atoms with Crippen molar-refractivity contribution in [2.24, 2.45) is 0 Å². The molecule has 0 bridgehead atoms. The molecule has 27 heavy (non-hydrogen) atoms. The van der Waals surface area contributed by atoms with E-state index >= 15 is 0 Å².